The Labute approximate surface area is 123 Å². The minimum absolute atomic E-state index is 0.0990. The van der Waals surface area contributed by atoms with E-state index < -0.39 is 23.1 Å². The van der Waals surface area contributed by atoms with Crippen molar-refractivity contribution in [2.24, 2.45) is 5.41 Å². The zero-order valence-corrected chi connectivity index (χ0v) is 12.1. The van der Waals surface area contributed by atoms with E-state index in [1.807, 2.05) is 0 Å². The van der Waals surface area contributed by atoms with Crippen molar-refractivity contribution in [3.05, 3.63) is 29.6 Å². The molecular weight excluding hydrogens is 273 g/mol. The van der Waals surface area contributed by atoms with Gasteiger partial charge in [-0.15, -0.1) is 0 Å². The molecule has 5 heteroatoms. The third-order valence-electron chi connectivity index (χ3n) is 4.16. The summed E-state index contributed by atoms with van der Waals surface area (Å²) in [4.78, 5) is 23.6. The highest BCUT2D eigenvalue weighted by molar-refractivity contribution is 5.94. The van der Waals surface area contributed by atoms with E-state index in [0.717, 1.165) is 24.8 Å². The van der Waals surface area contributed by atoms with Crippen LogP contribution in [0.3, 0.4) is 0 Å². The van der Waals surface area contributed by atoms with Crippen molar-refractivity contribution in [2.75, 3.05) is 5.32 Å². The lowest BCUT2D eigenvalue weighted by molar-refractivity contribution is -0.153. The van der Waals surface area contributed by atoms with E-state index in [0.29, 0.717) is 12.8 Å². The van der Waals surface area contributed by atoms with Crippen molar-refractivity contribution in [1.29, 1.82) is 0 Å². The number of amides is 1. The van der Waals surface area contributed by atoms with Crippen LogP contribution in [0.5, 0.6) is 0 Å². The predicted molar refractivity (Wildman–Crippen MR) is 77.5 cm³/mol. The van der Waals surface area contributed by atoms with Crippen LogP contribution in [0, 0.1) is 18.2 Å². The van der Waals surface area contributed by atoms with Gasteiger partial charge in [-0.3, -0.25) is 9.59 Å². The highest BCUT2D eigenvalue weighted by Gasteiger charge is 2.41. The molecule has 0 radical (unpaired) electrons. The molecule has 114 valence electrons. The van der Waals surface area contributed by atoms with Crippen LogP contribution in [0.1, 0.15) is 44.1 Å². The van der Waals surface area contributed by atoms with E-state index in [4.69, 9.17) is 0 Å². The maximum absolute atomic E-state index is 13.7. The van der Waals surface area contributed by atoms with Gasteiger partial charge in [0.1, 0.15) is 5.82 Å². The number of anilines is 1. The van der Waals surface area contributed by atoms with Gasteiger partial charge in [-0.05, 0) is 37.5 Å². The second kappa shape index (κ2) is 6.24. The number of aryl methyl sites for hydroxylation is 1. The number of carbonyl (C=O) groups is 2. The Balaban J connectivity index is 2.07. The lowest BCUT2D eigenvalue weighted by Crippen LogP contribution is -2.37. The third kappa shape index (κ3) is 3.60. The molecule has 0 unspecified atom stereocenters. The van der Waals surface area contributed by atoms with Crippen LogP contribution in [0.2, 0.25) is 0 Å². The third-order valence-corrected chi connectivity index (χ3v) is 4.16. The summed E-state index contributed by atoms with van der Waals surface area (Å²) in [6, 6.07) is 4.53. The minimum atomic E-state index is -0.997. The summed E-state index contributed by atoms with van der Waals surface area (Å²) in [6.07, 6.45) is 3.55. The van der Waals surface area contributed by atoms with Crippen molar-refractivity contribution in [1.82, 2.24) is 0 Å². The highest BCUT2D eigenvalue weighted by Crippen LogP contribution is 2.39. The van der Waals surface area contributed by atoms with Crippen LogP contribution >= 0.6 is 0 Å². The van der Waals surface area contributed by atoms with Gasteiger partial charge in [0.2, 0.25) is 5.91 Å². The Bertz CT molecular complexity index is 550. The maximum atomic E-state index is 13.7. The van der Waals surface area contributed by atoms with Crippen LogP contribution in [0.15, 0.2) is 18.2 Å². The molecular formula is C16H20FNO3. The predicted octanol–water partition coefficient (Wildman–Crippen LogP) is 3.50. The number of hydrogen-bond donors (Lipinski definition) is 2. The fourth-order valence-electron chi connectivity index (χ4n) is 2.92. The Hall–Kier alpha value is -1.91. The molecule has 1 aromatic carbocycles. The zero-order chi connectivity index (χ0) is 15.5. The second-order valence-corrected chi connectivity index (χ2v) is 5.85. The first-order valence-corrected chi connectivity index (χ1v) is 7.22. The van der Waals surface area contributed by atoms with E-state index in [1.54, 1.807) is 13.0 Å². The van der Waals surface area contributed by atoms with Gasteiger partial charge in [0, 0.05) is 6.42 Å². The number of carbonyl (C=O) groups excluding carboxylic acids is 1. The van der Waals surface area contributed by atoms with Gasteiger partial charge in [-0.25, -0.2) is 4.39 Å². The molecule has 0 atom stereocenters. The quantitative estimate of drug-likeness (QED) is 0.893. The standard InChI is InChI=1S/C16H20FNO3/c1-11-5-6-13(12(17)9-11)18-14(19)10-16(15(20)21)7-3-2-4-8-16/h5-6,9H,2-4,7-8,10H2,1H3,(H,18,19)(H,20,21). The fraction of sp³-hybridized carbons (Fsp3) is 0.500. The van der Waals surface area contributed by atoms with E-state index in [1.165, 1.54) is 12.1 Å². The molecule has 21 heavy (non-hydrogen) atoms. The van der Waals surface area contributed by atoms with Gasteiger partial charge in [-0.2, -0.15) is 0 Å². The lowest BCUT2D eigenvalue weighted by Gasteiger charge is -2.32. The van der Waals surface area contributed by atoms with Crippen molar-refractivity contribution in [2.45, 2.75) is 45.4 Å². The van der Waals surface area contributed by atoms with Gasteiger partial charge in [0.15, 0.2) is 0 Å². The molecule has 4 nitrogen and oxygen atoms in total. The fourth-order valence-corrected chi connectivity index (χ4v) is 2.92. The number of aliphatic carboxylic acids is 1. The van der Waals surface area contributed by atoms with Crippen LogP contribution < -0.4 is 5.32 Å². The van der Waals surface area contributed by atoms with Crippen molar-refractivity contribution < 1.29 is 19.1 Å². The molecule has 1 amide bonds. The highest BCUT2D eigenvalue weighted by atomic mass is 19.1. The lowest BCUT2D eigenvalue weighted by atomic mass is 9.71. The number of halogens is 1. The molecule has 0 spiro atoms. The Morgan fingerprint density at radius 2 is 1.95 bits per heavy atom. The largest absolute Gasteiger partial charge is 0.481 e. The summed E-state index contributed by atoms with van der Waals surface area (Å²) >= 11 is 0. The van der Waals surface area contributed by atoms with E-state index >= 15 is 0 Å². The zero-order valence-electron chi connectivity index (χ0n) is 12.1. The average molecular weight is 293 g/mol. The number of benzene rings is 1. The first-order chi connectivity index (χ1) is 9.93. The van der Waals surface area contributed by atoms with Crippen LogP contribution in [-0.4, -0.2) is 17.0 Å². The van der Waals surface area contributed by atoms with E-state index in [2.05, 4.69) is 5.32 Å². The van der Waals surface area contributed by atoms with Gasteiger partial charge in [0.25, 0.3) is 0 Å². The van der Waals surface area contributed by atoms with Crippen LogP contribution in [-0.2, 0) is 9.59 Å². The summed E-state index contributed by atoms with van der Waals surface area (Å²) in [5, 5.41) is 11.9. The first kappa shape index (κ1) is 15.5. The van der Waals surface area contributed by atoms with Gasteiger partial charge in [-0.1, -0.05) is 25.3 Å². The van der Waals surface area contributed by atoms with Crippen molar-refractivity contribution in [3.63, 3.8) is 0 Å². The van der Waals surface area contributed by atoms with Gasteiger partial charge in [0.05, 0.1) is 11.1 Å². The monoisotopic (exact) mass is 293 g/mol. The summed E-state index contributed by atoms with van der Waals surface area (Å²) in [6.45, 7) is 1.76. The van der Waals surface area contributed by atoms with Crippen molar-refractivity contribution in [3.8, 4) is 0 Å². The van der Waals surface area contributed by atoms with Crippen LogP contribution in [0.25, 0.3) is 0 Å². The molecule has 1 aliphatic carbocycles. The Morgan fingerprint density at radius 1 is 1.29 bits per heavy atom. The van der Waals surface area contributed by atoms with E-state index in [9.17, 15) is 19.1 Å². The molecule has 1 fully saturated rings. The summed E-state index contributed by atoms with van der Waals surface area (Å²) in [7, 11) is 0. The molecule has 1 aromatic rings. The number of hydrogen-bond acceptors (Lipinski definition) is 2. The second-order valence-electron chi connectivity index (χ2n) is 5.85. The molecule has 0 bridgehead atoms. The number of carboxylic acids is 1. The molecule has 0 heterocycles. The minimum Gasteiger partial charge on any atom is -0.481 e. The first-order valence-electron chi connectivity index (χ1n) is 7.22. The average Bonchev–Trinajstić information content (AvgIpc) is 2.43. The molecule has 1 saturated carbocycles. The molecule has 2 rings (SSSR count). The summed E-state index contributed by atoms with van der Waals surface area (Å²) < 4.78 is 13.7. The summed E-state index contributed by atoms with van der Waals surface area (Å²) in [5.41, 5.74) is -0.134. The molecule has 2 N–H and O–H groups in total. The maximum Gasteiger partial charge on any atom is 0.310 e. The molecule has 1 aliphatic rings. The number of rotatable bonds is 4. The number of nitrogens with one attached hydrogen (secondary N) is 1. The smallest absolute Gasteiger partial charge is 0.310 e. The normalized spacial score (nSPS) is 17.2. The van der Waals surface area contributed by atoms with Gasteiger partial charge >= 0.3 is 5.97 Å². The van der Waals surface area contributed by atoms with Crippen molar-refractivity contribution >= 4 is 17.6 Å². The Morgan fingerprint density at radius 3 is 2.52 bits per heavy atom. The SMILES string of the molecule is Cc1ccc(NC(=O)CC2(C(=O)O)CCCCC2)c(F)c1. The van der Waals surface area contributed by atoms with Crippen LogP contribution in [0.4, 0.5) is 10.1 Å². The molecule has 0 aromatic heterocycles. The molecule has 0 aliphatic heterocycles. The van der Waals surface area contributed by atoms with Gasteiger partial charge < -0.3 is 10.4 Å². The summed E-state index contributed by atoms with van der Waals surface area (Å²) in [5.74, 6) is -1.87. The number of carboxylic acid groups (broad SMARTS) is 1. The molecule has 0 saturated heterocycles. The Kier molecular flexibility index (Phi) is 4.60. The topological polar surface area (TPSA) is 66.4 Å². The van der Waals surface area contributed by atoms with E-state index in [-0.39, 0.29) is 12.1 Å².